The quantitative estimate of drug-likeness (QED) is 0.659. The number of halogens is 1. The maximum atomic E-state index is 13.2. The Labute approximate surface area is 111 Å². The van der Waals surface area contributed by atoms with Crippen molar-refractivity contribution in [3.05, 3.63) is 29.6 Å². The van der Waals surface area contributed by atoms with Crippen molar-refractivity contribution in [2.24, 2.45) is 5.92 Å². The second-order valence-electron chi connectivity index (χ2n) is 4.38. The normalized spacial score (nSPS) is 11.8. The van der Waals surface area contributed by atoms with Crippen molar-refractivity contribution in [3.8, 4) is 0 Å². The van der Waals surface area contributed by atoms with Crippen molar-refractivity contribution in [1.82, 2.24) is 4.90 Å². The lowest BCUT2D eigenvalue weighted by Crippen LogP contribution is -2.34. The van der Waals surface area contributed by atoms with Crippen molar-refractivity contribution in [1.29, 1.82) is 0 Å². The summed E-state index contributed by atoms with van der Waals surface area (Å²) in [6.45, 7) is 1.83. The second-order valence-corrected chi connectivity index (χ2v) is 4.38. The number of nitrogen functional groups attached to an aromatic ring is 1. The Kier molecular flexibility index (Phi) is 4.86. The number of hydrogen-bond donors (Lipinski definition) is 1. The molecular formula is C13H17FN2O3. The zero-order valence-corrected chi connectivity index (χ0v) is 11.1. The number of methoxy groups -OCH3 is 1. The van der Waals surface area contributed by atoms with Gasteiger partial charge in [-0.05, 0) is 18.2 Å². The summed E-state index contributed by atoms with van der Waals surface area (Å²) in [6, 6.07) is 3.64. The van der Waals surface area contributed by atoms with E-state index in [-0.39, 0.29) is 17.8 Å². The van der Waals surface area contributed by atoms with Gasteiger partial charge in [0.15, 0.2) is 0 Å². The molecule has 104 valence electrons. The molecule has 0 aliphatic rings. The summed E-state index contributed by atoms with van der Waals surface area (Å²) >= 11 is 0. The summed E-state index contributed by atoms with van der Waals surface area (Å²) in [5, 5.41) is 0. The Morgan fingerprint density at radius 1 is 1.42 bits per heavy atom. The van der Waals surface area contributed by atoms with Gasteiger partial charge in [-0.25, -0.2) is 4.39 Å². The third kappa shape index (κ3) is 3.94. The minimum atomic E-state index is -0.572. The minimum absolute atomic E-state index is 0.150. The van der Waals surface area contributed by atoms with Gasteiger partial charge in [0.2, 0.25) is 0 Å². The van der Waals surface area contributed by atoms with E-state index in [0.29, 0.717) is 0 Å². The average molecular weight is 268 g/mol. The van der Waals surface area contributed by atoms with E-state index < -0.39 is 23.6 Å². The number of amides is 1. The van der Waals surface area contributed by atoms with Crippen LogP contribution in [0.1, 0.15) is 17.3 Å². The van der Waals surface area contributed by atoms with Gasteiger partial charge in [0.1, 0.15) is 5.82 Å². The van der Waals surface area contributed by atoms with E-state index in [4.69, 9.17) is 5.73 Å². The van der Waals surface area contributed by atoms with Gasteiger partial charge < -0.3 is 15.4 Å². The molecule has 0 saturated carbocycles. The molecule has 6 heteroatoms. The van der Waals surface area contributed by atoms with E-state index >= 15 is 0 Å². The van der Waals surface area contributed by atoms with Crippen LogP contribution < -0.4 is 5.73 Å². The molecule has 0 saturated heterocycles. The molecular weight excluding hydrogens is 251 g/mol. The zero-order chi connectivity index (χ0) is 14.6. The molecule has 19 heavy (non-hydrogen) atoms. The topological polar surface area (TPSA) is 72.6 Å². The summed E-state index contributed by atoms with van der Waals surface area (Å²) in [5.74, 6) is -1.83. The highest BCUT2D eigenvalue weighted by molar-refractivity contribution is 5.95. The van der Waals surface area contributed by atoms with Crippen LogP contribution in [0.3, 0.4) is 0 Å². The van der Waals surface area contributed by atoms with Crippen molar-refractivity contribution >= 4 is 17.6 Å². The number of carbonyl (C=O) groups is 2. The Morgan fingerprint density at radius 3 is 2.58 bits per heavy atom. The van der Waals surface area contributed by atoms with Gasteiger partial charge in [-0.1, -0.05) is 6.92 Å². The predicted molar refractivity (Wildman–Crippen MR) is 69.0 cm³/mol. The van der Waals surface area contributed by atoms with Crippen molar-refractivity contribution in [2.75, 3.05) is 26.4 Å². The molecule has 2 N–H and O–H groups in total. The first-order valence-corrected chi connectivity index (χ1v) is 5.74. The maximum Gasteiger partial charge on any atom is 0.310 e. The number of rotatable bonds is 4. The van der Waals surface area contributed by atoms with Crippen LogP contribution in [0.25, 0.3) is 0 Å². The summed E-state index contributed by atoms with van der Waals surface area (Å²) in [4.78, 5) is 24.7. The summed E-state index contributed by atoms with van der Waals surface area (Å²) < 4.78 is 17.8. The van der Waals surface area contributed by atoms with Gasteiger partial charge in [0, 0.05) is 24.8 Å². The van der Waals surface area contributed by atoms with Gasteiger partial charge in [-0.3, -0.25) is 9.59 Å². The first-order chi connectivity index (χ1) is 8.85. The number of nitrogens with two attached hydrogens (primary N) is 1. The molecule has 5 nitrogen and oxygen atoms in total. The Balaban J connectivity index is 2.79. The molecule has 1 aromatic rings. The Morgan fingerprint density at radius 2 is 2.05 bits per heavy atom. The average Bonchev–Trinajstić information content (AvgIpc) is 2.35. The van der Waals surface area contributed by atoms with Crippen LogP contribution in [0.4, 0.5) is 10.1 Å². The van der Waals surface area contributed by atoms with Crippen LogP contribution in [0.15, 0.2) is 18.2 Å². The van der Waals surface area contributed by atoms with E-state index in [9.17, 15) is 14.0 Å². The number of hydrogen-bond acceptors (Lipinski definition) is 4. The Bertz CT molecular complexity index is 471. The standard InChI is InChI=1S/C13H17FN2O3/c1-8(13(18)19-3)7-16(2)12(17)9-4-10(14)6-11(15)5-9/h4-6,8H,7,15H2,1-3H3. The number of carbonyl (C=O) groups excluding carboxylic acids is 2. The van der Waals surface area contributed by atoms with E-state index in [1.54, 1.807) is 6.92 Å². The third-order valence-electron chi connectivity index (χ3n) is 2.67. The first kappa shape index (κ1) is 14.9. The van der Waals surface area contributed by atoms with Crippen LogP contribution in [-0.4, -0.2) is 37.5 Å². The lowest BCUT2D eigenvalue weighted by Gasteiger charge is -2.20. The van der Waals surface area contributed by atoms with Gasteiger partial charge in [-0.15, -0.1) is 0 Å². The van der Waals surface area contributed by atoms with Crippen LogP contribution in [0.2, 0.25) is 0 Å². The number of esters is 1. The third-order valence-corrected chi connectivity index (χ3v) is 2.67. The number of benzene rings is 1. The molecule has 0 aliphatic heterocycles. The maximum absolute atomic E-state index is 13.2. The number of nitrogens with zero attached hydrogens (tertiary/aromatic N) is 1. The molecule has 0 bridgehead atoms. The van der Waals surface area contributed by atoms with E-state index in [1.807, 2.05) is 0 Å². The molecule has 1 aromatic carbocycles. The fourth-order valence-corrected chi connectivity index (χ4v) is 1.73. The molecule has 0 aliphatic carbocycles. The molecule has 1 rings (SSSR count). The summed E-state index contributed by atoms with van der Waals surface area (Å²) in [6.07, 6.45) is 0. The molecule has 0 heterocycles. The fraction of sp³-hybridized carbons (Fsp3) is 0.385. The minimum Gasteiger partial charge on any atom is -0.469 e. The molecule has 0 radical (unpaired) electrons. The lowest BCUT2D eigenvalue weighted by molar-refractivity contribution is -0.145. The van der Waals surface area contributed by atoms with Crippen molar-refractivity contribution < 1.29 is 18.7 Å². The van der Waals surface area contributed by atoms with E-state index in [0.717, 1.165) is 12.1 Å². The van der Waals surface area contributed by atoms with Crippen LogP contribution in [-0.2, 0) is 9.53 Å². The van der Waals surface area contributed by atoms with E-state index in [1.165, 1.54) is 25.1 Å². The largest absolute Gasteiger partial charge is 0.469 e. The van der Waals surface area contributed by atoms with Crippen LogP contribution in [0.5, 0.6) is 0 Å². The van der Waals surface area contributed by atoms with Crippen LogP contribution >= 0.6 is 0 Å². The second kappa shape index (κ2) is 6.17. The molecule has 1 unspecified atom stereocenters. The molecule has 1 atom stereocenters. The van der Waals surface area contributed by atoms with E-state index in [2.05, 4.69) is 4.74 Å². The zero-order valence-electron chi connectivity index (χ0n) is 11.1. The fourth-order valence-electron chi connectivity index (χ4n) is 1.73. The van der Waals surface area contributed by atoms with Gasteiger partial charge >= 0.3 is 5.97 Å². The predicted octanol–water partition coefficient (Wildman–Crippen LogP) is 1.29. The number of anilines is 1. The summed E-state index contributed by atoms with van der Waals surface area (Å²) in [7, 11) is 2.82. The van der Waals surface area contributed by atoms with Gasteiger partial charge in [0.05, 0.1) is 13.0 Å². The first-order valence-electron chi connectivity index (χ1n) is 5.74. The highest BCUT2D eigenvalue weighted by Gasteiger charge is 2.20. The lowest BCUT2D eigenvalue weighted by atomic mass is 10.1. The van der Waals surface area contributed by atoms with Crippen molar-refractivity contribution in [2.45, 2.75) is 6.92 Å². The Hall–Kier alpha value is -2.11. The highest BCUT2D eigenvalue weighted by atomic mass is 19.1. The molecule has 1 amide bonds. The molecule has 0 fully saturated rings. The SMILES string of the molecule is COC(=O)C(C)CN(C)C(=O)c1cc(N)cc(F)c1. The highest BCUT2D eigenvalue weighted by Crippen LogP contribution is 2.13. The van der Waals surface area contributed by atoms with Crippen molar-refractivity contribution in [3.63, 3.8) is 0 Å². The van der Waals surface area contributed by atoms with Gasteiger partial charge in [-0.2, -0.15) is 0 Å². The van der Waals surface area contributed by atoms with Crippen LogP contribution in [0, 0.1) is 11.7 Å². The van der Waals surface area contributed by atoms with Gasteiger partial charge in [0.25, 0.3) is 5.91 Å². The molecule has 0 spiro atoms. The smallest absolute Gasteiger partial charge is 0.310 e. The number of ether oxygens (including phenoxy) is 1. The summed E-state index contributed by atoms with van der Waals surface area (Å²) in [5.41, 5.74) is 5.81. The molecule has 0 aromatic heterocycles. The monoisotopic (exact) mass is 268 g/mol.